The number of aromatic amines is 1. The summed E-state index contributed by atoms with van der Waals surface area (Å²) in [5.41, 5.74) is 8.58. The van der Waals surface area contributed by atoms with Crippen LogP contribution >= 0.6 is 11.3 Å². The van der Waals surface area contributed by atoms with Crippen molar-refractivity contribution in [3.8, 4) is 5.75 Å². The fraction of sp³-hybridized carbons (Fsp3) is 0.174. The van der Waals surface area contributed by atoms with Gasteiger partial charge in [-0.05, 0) is 43.3 Å². The second-order valence-electron chi connectivity index (χ2n) is 7.39. The van der Waals surface area contributed by atoms with Gasteiger partial charge in [0, 0.05) is 28.6 Å². The minimum Gasteiger partial charge on any atom is -0.489 e. The average molecular weight is 464 g/mol. The molecule has 0 spiro atoms. The van der Waals surface area contributed by atoms with E-state index in [1.807, 2.05) is 37.3 Å². The summed E-state index contributed by atoms with van der Waals surface area (Å²) in [6, 6.07) is 15.4. The summed E-state index contributed by atoms with van der Waals surface area (Å²) in [7, 11) is 0. The Morgan fingerprint density at radius 1 is 1.18 bits per heavy atom. The zero-order chi connectivity index (χ0) is 23.4. The van der Waals surface area contributed by atoms with Crippen LogP contribution in [0.15, 0.2) is 59.4 Å². The lowest BCUT2D eigenvalue weighted by Gasteiger charge is -2.14. The lowest BCUT2D eigenvalue weighted by atomic mass is 10.1. The molecule has 4 aromatic rings. The molecular weight excluding hydrogens is 442 g/mol. The van der Waals surface area contributed by atoms with E-state index in [2.05, 4.69) is 20.5 Å². The molecule has 10 heteroatoms. The highest BCUT2D eigenvalue weighted by atomic mass is 32.1. The fourth-order valence-corrected chi connectivity index (χ4v) is 4.01. The summed E-state index contributed by atoms with van der Waals surface area (Å²) < 4.78 is 5.92. The van der Waals surface area contributed by atoms with Crippen molar-refractivity contribution in [1.82, 2.24) is 20.5 Å². The van der Waals surface area contributed by atoms with Crippen LogP contribution in [0, 0.1) is 6.92 Å². The van der Waals surface area contributed by atoms with Gasteiger partial charge in [0.15, 0.2) is 0 Å². The van der Waals surface area contributed by atoms with E-state index in [9.17, 15) is 14.4 Å². The maximum absolute atomic E-state index is 12.6. The second-order valence-corrected chi connectivity index (χ2v) is 8.44. The normalized spacial score (nSPS) is 11.8. The van der Waals surface area contributed by atoms with Crippen molar-refractivity contribution in [3.05, 3.63) is 86.1 Å². The predicted octanol–water partition coefficient (Wildman–Crippen LogP) is 2.09. The second kappa shape index (κ2) is 9.61. The van der Waals surface area contributed by atoms with Gasteiger partial charge in [0.25, 0.3) is 5.91 Å². The van der Waals surface area contributed by atoms with E-state index in [1.54, 1.807) is 24.3 Å². The number of fused-ring (bicyclic) bond motifs is 1. The van der Waals surface area contributed by atoms with Crippen molar-refractivity contribution < 1.29 is 14.3 Å². The molecule has 0 radical (unpaired) electrons. The molecule has 4 N–H and O–H groups in total. The Kier molecular flexibility index (Phi) is 6.45. The van der Waals surface area contributed by atoms with Gasteiger partial charge in [-0.3, -0.25) is 19.4 Å². The van der Waals surface area contributed by atoms with Crippen molar-refractivity contribution in [2.24, 2.45) is 5.73 Å². The van der Waals surface area contributed by atoms with Crippen molar-refractivity contribution in [3.63, 3.8) is 0 Å². The van der Waals surface area contributed by atoms with E-state index in [0.717, 1.165) is 33.5 Å². The topological polar surface area (TPSA) is 140 Å². The minimum atomic E-state index is -0.990. The summed E-state index contributed by atoms with van der Waals surface area (Å²) in [6.07, 6.45) is 0.0327. The number of carbonyl (C=O) groups is 2. The van der Waals surface area contributed by atoms with Crippen molar-refractivity contribution in [2.45, 2.75) is 26.0 Å². The number of rotatable bonds is 8. The van der Waals surface area contributed by atoms with Gasteiger partial charge in [0.05, 0.1) is 5.52 Å². The lowest BCUT2D eigenvalue weighted by molar-refractivity contribution is -0.119. The van der Waals surface area contributed by atoms with Crippen LogP contribution in [-0.4, -0.2) is 33.0 Å². The smallest absolute Gasteiger partial charge is 0.322 e. The molecule has 0 aliphatic carbocycles. The van der Waals surface area contributed by atoms with Crippen LogP contribution in [0.1, 0.15) is 26.6 Å². The number of aryl methyl sites for hydroxylation is 1. The number of aromatic nitrogens is 3. The molecule has 33 heavy (non-hydrogen) atoms. The first-order valence-electron chi connectivity index (χ1n) is 10.1. The number of ether oxygens (including phenoxy) is 1. The predicted molar refractivity (Wildman–Crippen MR) is 124 cm³/mol. The number of nitrogens with zero attached hydrogens (tertiary/aromatic N) is 2. The minimum absolute atomic E-state index is 0.0327. The molecule has 0 bridgehead atoms. The van der Waals surface area contributed by atoms with Crippen LogP contribution in [-0.2, 0) is 17.8 Å². The highest BCUT2D eigenvalue weighted by molar-refractivity contribution is 7.08. The van der Waals surface area contributed by atoms with Crippen LogP contribution in [0.4, 0.5) is 0 Å². The number of hydrogen-bond acceptors (Lipinski definition) is 7. The van der Waals surface area contributed by atoms with Crippen molar-refractivity contribution >= 4 is 34.1 Å². The Labute approximate surface area is 192 Å². The quantitative estimate of drug-likeness (QED) is 0.366. The molecule has 2 amide bonds. The zero-order valence-electron chi connectivity index (χ0n) is 17.7. The van der Waals surface area contributed by atoms with Crippen molar-refractivity contribution in [1.29, 1.82) is 0 Å². The van der Waals surface area contributed by atoms with Crippen LogP contribution < -0.4 is 20.7 Å². The first-order chi connectivity index (χ1) is 15.9. The molecule has 2 heterocycles. The number of hydrogen-bond donors (Lipinski definition) is 3. The van der Waals surface area contributed by atoms with E-state index < -0.39 is 17.9 Å². The lowest BCUT2D eigenvalue weighted by Crippen LogP contribution is -2.45. The number of pyridine rings is 1. The third-order valence-electron chi connectivity index (χ3n) is 4.95. The molecule has 2 aromatic heterocycles. The Morgan fingerprint density at radius 2 is 1.94 bits per heavy atom. The average Bonchev–Trinajstić information content (AvgIpc) is 3.21. The number of H-pyrrole nitrogens is 1. The third-order valence-corrected chi connectivity index (χ3v) is 5.72. The summed E-state index contributed by atoms with van der Waals surface area (Å²) in [5.74, 6) is -0.590. The van der Waals surface area contributed by atoms with Crippen LogP contribution in [0.3, 0.4) is 0 Å². The SMILES string of the molecule is Cc1cc(COc2ccc(C(=O)NC(Cc3n[nH]c(=O)s3)C(N)=O)cc2)c2ccccc2n1. The van der Waals surface area contributed by atoms with E-state index in [0.29, 0.717) is 22.9 Å². The number of nitrogens with one attached hydrogen (secondary N) is 2. The van der Waals surface area contributed by atoms with Crippen molar-refractivity contribution in [2.75, 3.05) is 0 Å². The highest BCUT2D eigenvalue weighted by Crippen LogP contribution is 2.21. The van der Waals surface area contributed by atoms with Gasteiger partial charge in [-0.15, -0.1) is 0 Å². The summed E-state index contributed by atoms with van der Waals surface area (Å²) in [4.78, 5) is 39.7. The van der Waals surface area contributed by atoms with Gasteiger partial charge in [-0.25, -0.2) is 5.10 Å². The molecule has 0 fully saturated rings. The van der Waals surface area contributed by atoms with E-state index in [-0.39, 0.29) is 11.3 Å². The molecule has 1 unspecified atom stereocenters. The first kappa shape index (κ1) is 22.2. The largest absolute Gasteiger partial charge is 0.489 e. The standard InChI is InChI=1S/C23H21N5O4S/c1-13-10-15(17-4-2-3-5-18(17)25-13)12-32-16-8-6-14(7-9-16)22(30)26-19(21(24)29)11-20-27-28-23(31)33-20/h2-10,19H,11-12H2,1H3,(H2,24,29)(H,26,30)(H,28,31). The van der Waals surface area contributed by atoms with Gasteiger partial charge in [-0.1, -0.05) is 29.5 Å². The molecule has 2 aromatic carbocycles. The van der Waals surface area contributed by atoms with Gasteiger partial charge < -0.3 is 15.8 Å². The number of carbonyl (C=O) groups excluding carboxylic acids is 2. The molecule has 168 valence electrons. The Bertz CT molecular complexity index is 1360. The molecular formula is C23H21N5O4S. The van der Waals surface area contributed by atoms with E-state index in [1.165, 1.54) is 0 Å². The monoisotopic (exact) mass is 463 g/mol. The number of benzene rings is 2. The summed E-state index contributed by atoms with van der Waals surface area (Å²) >= 11 is 0.862. The summed E-state index contributed by atoms with van der Waals surface area (Å²) in [5, 5.41) is 10.1. The van der Waals surface area contributed by atoms with Crippen LogP contribution in [0.25, 0.3) is 10.9 Å². The highest BCUT2D eigenvalue weighted by Gasteiger charge is 2.21. The maximum Gasteiger partial charge on any atom is 0.322 e. The molecule has 0 aliphatic rings. The third kappa shape index (κ3) is 5.42. The number of amides is 2. The zero-order valence-corrected chi connectivity index (χ0v) is 18.5. The van der Waals surface area contributed by atoms with Crippen LogP contribution in [0.5, 0.6) is 5.75 Å². The summed E-state index contributed by atoms with van der Waals surface area (Å²) in [6.45, 7) is 2.29. The van der Waals surface area contributed by atoms with Gasteiger partial charge >= 0.3 is 4.87 Å². The fourth-order valence-electron chi connectivity index (χ4n) is 3.36. The van der Waals surface area contributed by atoms with Gasteiger partial charge in [-0.2, -0.15) is 5.10 Å². The number of primary amides is 1. The maximum atomic E-state index is 12.6. The van der Waals surface area contributed by atoms with Gasteiger partial charge in [0.2, 0.25) is 5.91 Å². The number of nitrogens with two attached hydrogens (primary N) is 1. The molecule has 0 saturated heterocycles. The molecule has 9 nitrogen and oxygen atoms in total. The Balaban J connectivity index is 1.41. The number of para-hydroxylation sites is 1. The van der Waals surface area contributed by atoms with E-state index >= 15 is 0 Å². The molecule has 1 atom stereocenters. The van der Waals surface area contributed by atoms with Gasteiger partial charge in [0.1, 0.15) is 23.4 Å². The Hall–Kier alpha value is -4.05. The van der Waals surface area contributed by atoms with Crippen LogP contribution in [0.2, 0.25) is 0 Å². The van der Waals surface area contributed by atoms with E-state index in [4.69, 9.17) is 10.5 Å². The Morgan fingerprint density at radius 3 is 2.64 bits per heavy atom. The first-order valence-corrected chi connectivity index (χ1v) is 10.9. The molecule has 0 aliphatic heterocycles. The molecule has 0 saturated carbocycles. The molecule has 4 rings (SSSR count).